The number of carbonyl (C=O) groups excluding carboxylic acids is 1. The first-order chi connectivity index (χ1) is 8.86. The molecule has 0 saturated carbocycles. The van der Waals surface area contributed by atoms with Gasteiger partial charge in [-0.3, -0.25) is 25.0 Å². The van der Waals surface area contributed by atoms with Gasteiger partial charge in [0.15, 0.2) is 0 Å². The van der Waals surface area contributed by atoms with Gasteiger partial charge in [0.05, 0.1) is 28.8 Å². The highest BCUT2D eigenvalue weighted by Crippen LogP contribution is 2.39. The second-order valence-electron chi connectivity index (χ2n) is 3.15. The Hall–Kier alpha value is -1.68. The number of carbonyl (C=O) groups is 1. The smallest absolute Gasteiger partial charge is 0.315 e. The van der Waals surface area contributed by atoms with E-state index >= 15 is 0 Å². The van der Waals surface area contributed by atoms with Gasteiger partial charge in [0, 0.05) is 10.5 Å². The molecule has 1 aromatic carbocycles. The molecule has 0 N–H and O–H groups in total. The Kier molecular flexibility index (Phi) is 5.24. The van der Waals surface area contributed by atoms with Crippen molar-refractivity contribution in [3.05, 3.63) is 36.8 Å². The molecule has 1 rings (SSSR count). The summed E-state index contributed by atoms with van der Waals surface area (Å²) >= 11 is 3.89. The molecule has 0 heterocycles. The van der Waals surface area contributed by atoms with Crippen LogP contribution in [0.25, 0.3) is 0 Å². The summed E-state index contributed by atoms with van der Waals surface area (Å²) < 4.78 is 4.60. The maximum Gasteiger partial charge on any atom is 0.315 e. The second kappa shape index (κ2) is 6.48. The van der Waals surface area contributed by atoms with Crippen molar-refractivity contribution in [3.63, 3.8) is 0 Å². The third kappa shape index (κ3) is 3.89. The highest BCUT2D eigenvalue weighted by molar-refractivity contribution is 9.10. The van der Waals surface area contributed by atoms with Crippen molar-refractivity contribution in [2.45, 2.75) is 4.90 Å². The monoisotopic (exact) mass is 350 g/mol. The van der Waals surface area contributed by atoms with E-state index in [9.17, 15) is 25.0 Å². The summed E-state index contributed by atoms with van der Waals surface area (Å²) in [6.07, 6.45) is 0. The van der Waals surface area contributed by atoms with Crippen LogP contribution < -0.4 is 0 Å². The number of halogens is 1. The lowest BCUT2D eigenvalue weighted by molar-refractivity contribution is -0.396. The molecule has 0 aliphatic carbocycles. The van der Waals surface area contributed by atoms with Crippen LogP contribution in [0.2, 0.25) is 0 Å². The number of benzene rings is 1. The molecule has 1 aromatic rings. The van der Waals surface area contributed by atoms with Gasteiger partial charge in [0.2, 0.25) is 0 Å². The molecule has 102 valence electrons. The average Bonchev–Trinajstić information content (AvgIpc) is 2.35. The molecule has 0 aromatic heterocycles. The number of nitrogens with zero attached hydrogens (tertiary/aromatic N) is 2. The largest absolute Gasteiger partial charge is 0.468 e. The standard InChI is InChI=1S/C9H7BrN2O6S/c1-18-8(13)4-19-9-6(10)2-5(11(14)15)3-7(9)12(16)17/h2-3H,4H2,1H3. The Morgan fingerprint density at radius 2 is 2.00 bits per heavy atom. The molecule has 0 atom stereocenters. The van der Waals surface area contributed by atoms with Crippen LogP contribution in [-0.2, 0) is 9.53 Å². The van der Waals surface area contributed by atoms with E-state index in [0.29, 0.717) is 0 Å². The first-order valence-electron chi connectivity index (χ1n) is 4.68. The lowest BCUT2D eigenvalue weighted by Gasteiger charge is -2.04. The van der Waals surface area contributed by atoms with E-state index in [-0.39, 0.29) is 15.1 Å². The quantitative estimate of drug-likeness (QED) is 0.347. The molecule has 0 fully saturated rings. The number of hydrogen-bond acceptors (Lipinski definition) is 7. The zero-order chi connectivity index (χ0) is 14.6. The van der Waals surface area contributed by atoms with Gasteiger partial charge in [-0.15, -0.1) is 11.8 Å². The molecular weight excluding hydrogens is 344 g/mol. The third-order valence-electron chi connectivity index (χ3n) is 1.98. The number of hydrogen-bond donors (Lipinski definition) is 0. The van der Waals surface area contributed by atoms with Crippen LogP contribution in [0.1, 0.15) is 0 Å². The number of methoxy groups -OCH3 is 1. The SMILES string of the molecule is COC(=O)CSc1c(Br)cc([N+](=O)[O-])cc1[N+](=O)[O-]. The van der Waals surface area contributed by atoms with Crippen LogP contribution in [0, 0.1) is 20.2 Å². The van der Waals surface area contributed by atoms with Gasteiger partial charge in [-0.05, 0) is 15.9 Å². The van der Waals surface area contributed by atoms with E-state index in [1.807, 2.05) is 0 Å². The predicted octanol–water partition coefficient (Wildman–Crippen LogP) is 2.53. The summed E-state index contributed by atoms with van der Waals surface area (Å²) in [5, 5.41) is 21.5. The Morgan fingerprint density at radius 1 is 1.37 bits per heavy atom. The molecule has 0 radical (unpaired) electrons. The first kappa shape index (κ1) is 15.4. The van der Waals surface area contributed by atoms with Crippen LogP contribution in [0.5, 0.6) is 0 Å². The van der Waals surface area contributed by atoms with Gasteiger partial charge >= 0.3 is 5.97 Å². The number of nitro groups is 2. The van der Waals surface area contributed by atoms with Crippen molar-refractivity contribution in [3.8, 4) is 0 Å². The number of esters is 1. The highest BCUT2D eigenvalue weighted by Gasteiger charge is 2.24. The Labute approximate surface area is 119 Å². The number of nitro benzene ring substituents is 2. The van der Waals surface area contributed by atoms with Crippen LogP contribution in [0.4, 0.5) is 11.4 Å². The molecule has 10 heteroatoms. The molecular formula is C9H7BrN2O6S. The fourth-order valence-corrected chi connectivity index (χ4v) is 2.78. The Bertz CT molecular complexity index is 550. The van der Waals surface area contributed by atoms with E-state index in [1.165, 1.54) is 7.11 Å². The topological polar surface area (TPSA) is 113 Å². The first-order valence-corrected chi connectivity index (χ1v) is 6.46. The average molecular weight is 351 g/mol. The Balaban J connectivity index is 3.18. The van der Waals surface area contributed by atoms with Crippen molar-refractivity contribution in [1.82, 2.24) is 0 Å². The zero-order valence-electron chi connectivity index (χ0n) is 9.49. The molecule has 0 unspecified atom stereocenters. The number of thioether (sulfide) groups is 1. The molecule has 0 aliphatic rings. The van der Waals surface area contributed by atoms with Crippen LogP contribution in [0.3, 0.4) is 0 Å². The minimum absolute atomic E-state index is 0.131. The van der Waals surface area contributed by atoms with Crippen molar-refractivity contribution in [2.75, 3.05) is 12.9 Å². The summed E-state index contributed by atoms with van der Waals surface area (Å²) in [6, 6.07) is 2.00. The van der Waals surface area contributed by atoms with E-state index in [2.05, 4.69) is 20.7 Å². The summed E-state index contributed by atoms with van der Waals surface area (Å²) in [7, 11) is 1.20. The molecule has 19 heavy (non-hydrogen) atoms. The molecule has 0 bridgehead atoms. The zero-order valence-corrected chi connectivity index (χ0v) is 11.9. The van der Waals surface area contributed by atoms with Gasteiger partial charge < -0.3 is 4.74 Å². The molecule has 0 saturated heterocycles. The third-order valence-corrected chi connectivity index (χ3v) is 3.96. The molecule has 8 nitrogen and oxygen atoms in total. The Morgan fingerprint density at radius 3 is 2.47 bits per heavy atom. The van der Waals surface area contributed by atoms with Crippen molar-refractivity contribution in [2.24, 2.45) is 0 Å². The lowest BCUT2D eigenvalue weighted by atomic mass is 10.3. The van der Waals surface area contributed by atoms with Gasteiger partial charge in [0.1, 0.15) is 4.90 Å². The maximum absolute atomic E-state index is 11.0. The van der Waals surface area contributed by atoms with Crippen molar-refractivity contribution >= 4 is 45.0 Å². The van der Waals surface area contributed by atoms with Gasteiger partial charge in [-0.1, -0.05) is 0 Å². The minimum atomic E-state index is -0.739. The van der Waals surface area contributed by atoms with E-state index in [4.69, 9.17) is 0 Å². The molecule has 0 aliphatic heterocycles. The fraction of sp³-hybridized carbons (Fsp3) is 0.222. The predicted molar refractivity (Wildman–Crippen MR) is 70.2 cm³/mol. The minimum Gasteiger partial charge on any atom is -0.468 e. The van der Waals surface area contributed by atoms with Crippen LogP contribution >= 0.6 is 27.7 Å². The van der Waals surface area contributed by atoms with E-state index in [0.717, 1.165) is 23.9 Å². The fourth-order valence-electron chi connectivity index (χ4n) is 1.14. The van der Waals surface area contributed by atoms with Gasteiger partial charge in [-0.25, -0.2) is 0 Å². The van der Waals surface area contributed by atoms with Crippen molar-refractivity contribution in [1.29, 1.82) is 0 Å². The summed E-state index contributed by atoms with van der Waals surface area (Å²) in [5.74, 6) is -0.683. The summed E-state index contributed by atoms with van der Waals surface area (Å²) in [5.41, 5.74) is -0.837. The summed E-state index contributed by atoms with van der Waals surface area (Å²) in [6.45, 7) is 0. The number of non-ortho nitro benzene ring substituents is 1. The lowest BCUT2D eigenvalue weighted by Crippen LogP contribution is -2.04. The second-order valence-corrected chi connectivity index (χ2v) is 4.99. The van der Waals surface area contributed by atoms with Gasteiger partial charge in [-0.2, -0.15) is 0 Å². The van der Waals surface area contributed by atoms with Gasteiger partial charge in [0.25, 0.3) is 11.4 Å². The summed E-state index contributed by atoms with van der Waals surface area (Å²) in [4.78, 5) is 31.2. The van der Waals surface area contributed by atoms with Crippen LogP contribution in [0.15, 0.2) is 21.5 Å². The highest BCUT2D eigenvalue weighted by atomic mass is 79.9. The van der Waals surface area contributed by atoms with E-state index < -0.39 is 27.2 Å². The number of rotatable bonds is 5. The molecule has 0 amide bonds. The maximum atomic E-state index is 11.0. The van der Waals surface area contributed by atoms with Crippen molar-refractivity contribution < 1.29 is 19.4 Å². The van der Waals surface area contributed by atoms with E-state index in [1.54, 1.807) is 0 Å². The van der Waals surface area contributed by atoms with Crippen LogP contribution in [-0.4, -0.2) is 28.7 Å². The normalized spacial score (nSPS) is 10.0. The number of ether oxygens (including phenoxy) is 1. The molecule has 0 spiro atoms.